The second-order valence-electron chi connectivity index (χ2n) is 6.34. The molecule has 2 rings (SSSR count). The molecule has 8 heteroatoms. The molecule has 0 aliphatic carbocycles. The van der Waals surface area contributed by atoms with E-state index in [2.05, 4.69) is 10.0 Å². The Morgan fingerprint density at radius 2 is 2.20 bits per heavy atom. The number of nitrogens with one attached hydrogen (secondary N) is 2. The molecule has 1 aromatic carbocycles. The highest BCUT2D eigenvalue weighted by molar-refractivity contribution is 7.89. The SMILES string of the molecule is CCC[C@@H](C)NS(=O)(=O)c1ccc(NC[C@@H]2CCCO2)c(C(=O)O)c1. The monoisotopic (exact) mass is 370 g/mol. The Morgan fingerprint density at radius 3 is 2.80 bits per heavy atom. The average Bonchev–Trinajstić information content (AvgIpc) is 3.05. The van der Waals surface area contributed by atoms with Gasteiger partial charge in [0.2, 0.25) is 10.0 Å². The van der Waals surface area contributed by atoms with Crippen LogP contribution in [0.4, 0.5) is 5.69 Å². The van der Waals surface area contributed by atoms with Crippen LogP contribution in [0.1, 0.15) is 49.9 Å². The van der Waals surface area contributed by atoms with Gasteiger partial charge in [-0.1, -0.05) is 13.3 Å². The van der Waals surface area contributed by atoms with Crippen LogP contribution in [-0.4, -0.2) is 44.8 Å². The molecule has 140 valence electrons. The number of hydrogen-bond acceptors (Lipinski definition) is 5. The standard InChI is InChI=1S/C17H26N2O5S/c1-3-5-12(2)19-25(22,23)14-7-8-16(15(10-14)17(20)21)18-11-13-6-4-9-24-13/h7-8,10,12-13,18-19H,3-6,9,11H2,1-2H3,(H,20,21)/t12-,13+/m1/s1. The van der Waals surface area contributed by atoms with Crippen molar-refractivity contribution in [1.29, 1.82) is 0 Å². The molecule has 1 saturated heterocycles. The number of hydrogen-bond donors (Lipinski definition) is 3. The van der Waals surface area contributed by atoms with E-state index in [1.54, 1.807) is 6.92 Å². The lowest BCUT2D eigenvalue weighted by atomic mass is 10.1. The first kappa shape index (κ1) is 19.7. The second-order valence-corrected chi connectivity index (χ2v) is 8.05. The summed E-state index contributed by atoms with van der Waals surface area (Å²) in [6.45, 7) is 4.98. The minimum absolute atomic E-state index is 0.0458. The highest BCUT2D eigenvalue weighted by atomic mass is 32.2. The number of ether oxygens (including phenoxy) is 1. The van der Waals surface area contributed by atoms with E-state index in [4.69, 9.17) is 4.74 Å². The summed E-state index contributed by atoms with van der Waals surface area (Å²) in [5, 5.41) is 12.5. The van der Waals surface area contributed by atoms with E-state index in [9.17, 15) is 18.3 Å². The van der Waals surface area contributed by atoms with Crippen LogP contribution in [0, 0.1) is 0 Å². The van der Waals surface area contributed by atoms with Gasteiger partial charge in [-0.15, -0.1) is 0 Å². The number of anilines is 1. The van der Waals surface area contributed by atoms with Gasteiger partial charge in [-0.3, -0.25) is 0 Å². The Balaban J connectivity index is 2.17. The topological polar surface area (TPSA) is 105 Å². The first-order chi connectivity index (χ1) is 11.8. The summed E-state index contributed by atoms with van der Waals surface area (Å²) in [6, 6.07) is 3.91. The van der Waals surface area contributed by atoms with E-state index < -0.39 is 16.0 Å². The minimum atomic E-state index is -3.75. The molecule has 2 atom stereocenters. The maximum Gasteiger partial charge on any atom is 0.337 e. The van der Waals surface area contributed by atoms with Crippen molar-refractivity contribution < 1.29 is 23.1 Å². The molecule has 0 radical (unpaired) electrons. The molecule has 1 aromatic rings. The average molecular weight is 370 g/mol. The molecule has 0 bridgehead atoms. The van der Waals surface area contributed by atoms with Gasteiger partial charge in [0.25, 0.3) is 0 Å². The van der Waals surface area contributed by atoms with Crippen LogP contribution >= 0.6 is 0 Å². The number of carbonyl (C=O) groups is 1. The third-order valence-electron chi connectivity index (χ3n) is 4.15. The zero-order valence-corrected chi connectivity index (χ0v) is 15.4. The van der Waals surface area contributed by atoms with E-state index in [1.165, 1.54) is 18.2 Å². The summed E-state index contributed by atoms with van der Waals surface area (Å²) in [4.78, 5) is 11.5. The minimum Gasteiger partial charge on any atom is -0.478 e. The second kappa shape index (κ2) is 8.64. The van der Waals surface area contributed by atoms with Crippen molar-refractivity contribution in [3.8, 4) is 0 Å². The van der Waals surface area contributed by atoms with Gasteiger partial charge in [0, 0.05) is 24.9 Å². The summed E-state index contributed by atoms with van der Waals surface area (Å²) in [5.41, 5.74) is 0.326. The third-order valence-corrected chi connectivity index (χ3v) is 5.74. The van der Waals surface area contributed by atoms with Crippen molar-refractivity contribution in [2.75, 3.05) is 18.5 Å². The molecule has 3 N–H and O–H groups in total. The van der Waals surface area contributed by atoms with Gasteiger partial charge in [0.05, 0.1) is 16.6 Å². The van der Waals surface area contributed by atoms with Crippen molar-refractivity contribution >= 4 is 21.7 Å². The Labute approximate surface area is 148 Å². The Morgan fingerprint density at radius 1 is 1.44 bits per heavy atom. The molecule has 1 heterocycles. The maximum atomic E-state index is 12.4. The smallest absolute Gasteiger partial charge is 0.337 e. The fourth-order valence-electron chi connectivity index (χ4n) is 2.88. The van der Waals surface area contributed by atoms with E-state index in [0.717, 1.165) is 25.9 Å². The largest absolute Gasteiger partial charge is 0.478 e. The highest BCUT2D eigenvalue weighted by Gasteiger charge is 2.22. The van der Waals surface area contributed by atoms with Gasteiger partial charge in [-0.05, 0) is 44.4 Å². The van der Waals surface area contributed by atoms with E-state index in [0.29, 0.717) is 18.7 Å². The van der Waals surface area contributed by atoms with Crippen molar-refractivity contribution in [3.05, 3.63) is 23.8 Å². The lowest BCUT2D eigenvalue weighted by Crippen LogP contribution is -2.32. The molecule has 0 saturated carbocycles. The maximum absolute atomic E-state index is 12.4. The molecule has 1 aliphatic heterocycles. The fraction of sp³-hybridized carbons (Fsp3) is 0.588. The van der Waals surface area contributed by atoms with Crippen LogP contribution in [0.15, 0.2) is 23.1 Å². The van der Waals surface area contributed by atoms with E-state index in [-0.39, 0.29) is 22.6 Å². The third kappa shape index (κ3) is 5.42. The number of aromatic carboxylic acids is 1. The van der Waals surface area contributed by atoms with Gasteiger partial charge in [-0.25, -0.2) is 17.9 Å². The summed E-state index contributed by atoms with van der Waals surface area (Å²) >= 11 is 0. The number of rotatable bonds is 9. The number of carboxylic acid groups (broad SMARTS) is 1. The molecular weight excluding hydrogens is 344 g/mol. The van der Waals surface area contributed by atoms with Crippen molar-refractivity contribution in [1.82, 2.24) is 4.72 Å². The van der Waals surface area contributed by atoms with Crippen LogP contribution in [0.5, 0.6) is 0 Å². The number of carboxylic acids is 1. The van der Waals surface area contributed by atoms with Crippen LogP contribution < -0.4 is 10.0 Å². The summed E-state index contributed by atoms with van der Waals surface area (Å²) in [5.74, 6) is -1.17. The molecule has 0 aromatic heterocycles. The van der Waals surface area contributed by atoms with Gasteiger partial charge in [0.1, 0.15) is 0 Å². The van der Waals surface area contributed by atoms with Crippen LogP contribution in [0.25, 0.3) is 0 Å². The lowest BCUT2D eigenvalue weighted by Gasteiger charge is -2.16. The molecule has 1 aliphatic rings. The van der Waals surface area contributed by atoms with Crippen LogP contribution in [0.3, 0.4) is 0 Å². The van der Waals surface area contributed by atoms with Crippen molar-refractivity contribution in [2.24, 2.45) is 0 Å². The van der Waals surface area contributed by atoms with Gasteiger partial charge < -0.3 is 15.2 Å². The molecule has 0 spiro atoms. The summed E-state index contributed by atoms with van der Waals surface area (Å²) < 4.78 is 32.9. The predicted octanol–water partition coefficient (Wildman–Crippen LogP) is 2.44. The fourth-order valence-corrected chi connectivity index (χ4v) is 4.18. The normalized spacial score (nSPS) is 18.9. The van der Waals surface area contributed by atoms with Gasteiger partial charge in [0.15, 0.2) is 0 Å². The first-order valence-corrected chi connectivity index (χ1v) is 10.1. The summed E-state index contributed by atoms with van der Waals surface area (Å²) in [6.07, 6.45) is 3.56. The predicted molar refractivity (Wildman–Crippen MR) is 95.6 cm³/mol. The lowest BCUT2D eigenvalue weighted by molar-refractivity contribution is 0.0697. The molecule has 0 amide bonds. The molecule has 25 heavy (non-hydrogen) atoms. The molecular formula is C17H26N2O5S. The number of sulfonamides is 1. The molecule has 7 nitrogen and oxygen atoms in total. The molecule has 0 unspecified atom stereocenters. The summed E-state index contributed by atoms with van der Waals surface area (Å²) in [7, 11) is -3.75. The Hall–Kier alpha value is -1.64. The van der Waals surface area contributed by atoms with E-state index >= 15 is 0 Å². The van der Waals surface area contributed by atoms with Gasteiger partial charge >= 0.3 is 5.97 Å². The zero-order valence-electron chi connectivity index (χ0n) is 14.6. The number of benzene rings is 1. The first-order valence-electron chi connectivity index (χ1n) is 8.58. The van der Waals surface area contributed by atoms with Crippen molar-refractivity contribution in [3.63, 3.8) is 0 Å². The van der Waals surface area contributed by atoms with Crippen LogP contribution in [-0.2, 0) is 14.8 Å². The Bertz CT molecular complexity index is 699. The molecule has 1 fully saturated rings. The van der Waals surface area contributed by atoms with Crippen molar-refractivity contribution in [2.45, 2.75) is 56.6 Å². The van der Waals surface area contributed by atoms with Crippen LogP contribution in [0.2, 0.25) is 0 Å². The van der Waals surface area contributed by atoms with Gasteiger partial charge in [-0.2, -0.15) is 0 Å². The highest BCUT2D eigenvalue weighted by Crippen LogP contribution is 2.22. The zero-order chi connectivity index (χ0) is 18.4. The van der Waals surface area contributed by atoms with E-state index in [1.807, 2.05) is 6.92 Å². The Kier molecular flexibility index (Phi) is 6.80. The quantitative estimate of drug-likeness (QED) is 0.617.